The molecule has 1 aliphatic heterocycles. The van der Waals surface area contributed by atoms with E-state index in [4.69, 9.17) is 26.3 Å². The van der Waals surface area contributed by atoms with Crippen molar-refractivity contribution in [2.24, 2.45) is 0 Å². The zero-order valence-corrected chi connectivity index (χ0v) is 13.2. The van der Waals surface area contributed by atoms with E-state index in [1.165, 1.54) is 0 Å². The summed E-state index contributed by atoms with van der Waals surface area (Å²) in [6.07, 6.45) is 0. The second-order valence-electron chi connectivity index (χ2n) is 4.46. The van der Waals surface area contributed by atoms with E-state index in [0.717, 1.165) is 27.2 Å². The number of fused-ring (bicyclic) bond motifs is 1. The third-order valence-corrected chi connectivity index (χ3v) is 4.17. The topological polar surface area (TPSA) is 54.3 Å². The number of benzene rings is 2. The van der Waals surface area contributed by atoms with Crippen LogP contribution in [0.15, 0.2) is 34.8 Å². The lowest BCUT2D eigenvalue weighted by molar-refractivity contribution is 0.174. The predicted molar refractivity (Wildman–Crippen MR) is 83.8 cm³/mol. The Balaban J connectivity index is 1.76. The van der Waals surface area contributed by atoms with Gasteiger partial charge in [-0.15, -0.1) is 0 Å². The van der Waals surface area contributed by atoms with Crippen molar-refractivity contribution in [3.8, 4) is 17.6 Å². The first kappa shape index (κ1) is 14.1. The van der Waals surface area contributed by atoms with Crippen LogP contribution in [0.5, 0.6) is 11.5 Å². The molecule has 0 aliphatic carbocycles. The highest BCUT2D eigenvalue weighted by Crippen LogP contribution is 2.37. The monoisotopic (exact) mass is 364 g/mol. The van der Waals surface area contributed by atoms with Gasteiger partial charge in [-0.3, -0.25) is 0 Å². The molecule has 4 nitrogen and oxygen atoms in total. The fourth-order valence-corrected chi connectivity index (χ4v) is 2.69. The van der Waals surface area contributed by atoms with Crippen molar-refractivity contribution in [1.82, 2.24) is 0 Å². The summed E-state index contributed by atoms with van der Waals surface area (Å²) in [5.74, 6) is 1.49. The minimum atomic E-state index is 0.254. The predicted octanol–water partition coefficient (Wildman–Crippen LogP) is 4.31. The molecule has 0 saturated carbocycles. The number of nitriles is 1. The molecular formula is C15H10BrClN2O2. The van der Waals surface area contributed by atoms with Gasteiger partial charge in [0.25, 0.3) is 0 Å². The molecule has 0 radical (unpaired) electrons. The second kappa shape index (κ2) is 5.84. The highest BCUT2D eigenvalue weighted by Gasteiger charge is 2.16. The standard InChI is InChI=1S/C15H10BrClN2O2/c16-12-5-15-14(20-8-21-15)3-10(12)7-19-11-2-1-9(6-18)13(17)4-11/h1-5,19H,7-8H2. The number of nitrogens with one attached hydrogen (secondary N) is 1. The quantitative estimate of drug-likeness (QED) is 0.880. The van der Waals surface area contributed by atoms with Crippen LogP contribution in [0.2, 0.25) is 5.02 Å². The Morgan fingerprint density at radius 3 is 2.71 bits per heavy atom. The minimum Gasteiger partial charge on any atom is -0.454 e. The lowest BCUT2D eigenvalue weighted by atomic mass is 10.2. The molecule has 3 rings (SSSR count). The Labute approximate surface area is 135 Å². The van der Waals surface area contributed by atoms with E-state index in [0.29, 0.717) is 17.1 Å². The highest BCUT2D eigenvalue weighted by molar-refractivity contribution is 9.10. The fraction of sp³-hybridized carbons (Fsp3) is 0.133. The molecule has 0 bridgehead atoms. The van der Waals surface area contributed by atoms with Gasteiger partial charge in [-0.2, -0.15) is 5.26 Å². The van der Waals surface area contributed by atoms with Gasteiger partial charge in [0.2, 0.25) is 6.79 Å². The van der Waals surface area contributed by atoms with Crippen LogP contribution in [-0.2, 0) is 6.54 Å². The maximum atomic E-state index is 8.86. The number of halogens is 2. The maximum absolute atomic E-state index is 8.86. The van der Waals surface area contributed by atoms with Crippen LogP contribution in [-0.4, -0.2) is 6.79 Å². The fourth-order valence-electron chi connectivity index (χ4n) is 2.01. The van der Waals surface area contributed by atoms with Gasteiger partial charge >= 0.3 is 0 Å². The molecule has 6 heteroatoms. The molecule has 0 saturated heterocycles. The van der Waals surface area contributed by atoms with Crippen molar-refractivity contribution in [3.63, 3.8) is 0 Å². The van der Waals surface area contributed by atoms with E-state index in [1.807, 2.05) is 24.3 Å². The Morgan fingerprint density at radius 1 is 1.24 bits per heavy atom. The zero-order chi connectivity index (χ0) is 14.8. The van der Waals surface area contributed by atoms with Crippen LogP contribution < -0.4 is 14.8 Å². The van der Waals surface area contributed by atoms with Gasteiger partial charge in [0.1, 0.15) is 6.07 Å². The third-order valence-electron chi connectivity index (χ3n) is 3.11. The van der Waals surface area contributed by atoms with E-state index < -0.39 is 0 Å². The van der Waals surface area contributed by atoms with E-state index in [2.05, 4.69) is 21.2 Å². The Hall–Kier alpha value is -1.90. The lowest BCUT2D eigenvalue weighted by Crippen LogP contribution is -2.00. The first-order valence-electron chi connectivity index (χ1n) is 6.19. The van der Waals surface area contributed by atoms with Crippen LogP contribution in [0, 0.1) is 11.3 Å². The van der Waals surface area contributed by atoms with Crippen molar-refractivity contribution >= 4 is 33.2 Å². The van der Waals surface area contributed by atoms with Crippen LogP contribution in [0.4, 0.5) is 5.69 Å². The van der Waals surface area contributed by atoms with Gasteiger partial charge < -0.3 is 14.8 Å². The number of rotatable bonds is 3. The molecule has 2 aromatic carbocycles. The molecule has 1 N–H and O–H groups in total. The summed E-state index contributed by atoms with van der Waals surface area (Å²) in [6, 6.07) is 11.1. The first-order chi connectivity index (χ1) is 10.2. The van der Waals surface area contributed by atoms with E-state index >= 15 is 0 Å². The molecule has 0 amide bonds. The molecule has 0 fully saturated rings. The Morgan fingerprint density at radius 2 is 2.00 bits per heavy atom. The molecule has 0 aromatic heterocycles. The highest BCUT2D eigenvalue weighted by atomic mass is 79.9. The van der Waals surface area contributed by atoms with E-state index in [9.17, 15) is 0 Å². The summed E-state index contributed by atoms with van der Waals surface area (Å²) in [5, 5.41) is 12.6. The molecular weight excluding hydrogens is 356 g/mol. The molecule has 0 spiro atoms. The second-order valence-corrected chi connectivity index (χ2v) is 5.72. The number of nitrogens with zero attached hydrogens (tertiary/aromatic N) is 1. The van der Waals surface area contributed by atoms with Crippen molar-refractivity contribution < 1.29 is 9.47 Å². The summed E-state index contributed by atoms with van der Waals surface area (Å²) < 4.78 is 11.6. The SMILES string of the molecule is N#Cc1ccc(NCc2cc3c(cc2Br)OCO3)cc1Cl. The number of hydrogen-bond donors (Lipinski definition) is 1. The molecule has 1 aliphatic rings. The number of hydrogen-bond acceptors (Lipinski definition) is 4. The Bertz CT molecular complexity index is 743. The number of ether oxygens (including phenoxy) is 2. The Kier molecular flexibility index (Phi) is 3.91. The van der Waals surface area contributed by atoms with Crippen molar-refractivity contribution in [1.29, 1.82) is 5.26 Å². The van der Waals surface area contributed by atoms with Gasteiger partial charge in [-0.1, -0.05) is 27.5 Å². The summed E-state index contributed by atoms with van der Waals surface area (Å²) in [7, 11) is 0. The van der Waals surface area contributed by atoms with E-state index in [1.54, 1.807) is 12.1 Å². The van der Waals surface area contributed by atoms with Gasteiger partial charge in [0.05, 0.1) is 10.6 Å². The van der Waals surface area contributed by atoms with Crippen LogP contribution in [0.1, 0.15) is 11.1 Å². The minimum absolute atomic E-state index is 0.254. The molecule has 0 unspecified atom stereocenters. The zero-order valence-electron chi connectivity index (χ0n) is 10.8. The van der Waals surface area contributed by atoms with Gasteiger partial charge in [0, 0.05) is 16.7 Å². The summed E-state index contributed by atoms with van der Waals surface area (Å²) in [4.78, 5) is 0. The molecule has 2 aromatic rings. The average Bonchev–Trinajstić information content (AvgIpc) is 2.92. The largest absolute Gasteiger partial charge is 0.454 e. The van der Waals surface area contributed by atoms with Crippen molar-refractivity contribution in [2.45, 2.75) is 6.54 Å². The van der Waals surface area contributed by atoms with E-state index in [-0.39, 0.29) is 6.79 Å². The van der Waals surface area contributed by atoms with Crippen LogP contribution in [0.25, 0.3) is 0 Å². The molecule has 21 heavy (non-hydrogen) atoms. The smallest absolute Gasteiger partial charge is 0.231 e. The molecule has 0 atom stereocenters. The summed E-state index contributed by atoms with van der Waals surface area (Å²) in [5.41, 5.74) is 2.36. The third kappa shape index (κ3) is 2.92. The normalized spacial score (nSPS) is 12.0. The van der Waals surface area contributed by atoms with Crippen LogP contribution in [0.3, 0.4) is 0 Å². The molecule has 106 valence electrons. The maximum Gasteiger partial charge on any atom is 0.231 e. The van der Waals surface area contributed by atoms with Crippen molar-refractivity contribution in [3.05, 3.63) is 51.0 Å². The summed E-state index contributed by atoms with van der Waals surface area (Å²) >= 11 is 9.53. The van der Waals surface area contributed by atoms with Crippen molar-refractivity contribution in [2.75, 3.05) is 12.1 Å². The van der Waals surface area contributed by atoms with Gasteiger partial charge in [0.15, 0.2) is 11.5 Å². The van der Waals surface area contributed by atoms with Gasteiger partial charge in [-0.25, -0.2) is 0 Å². The van der Waals surface area contributed by atoms with Crippen LogP contribution >= 0.6 is 27.5 Å². The first-order valence-corrected chi connectivity index (χ1v) is 7.36. The lowest BCUT2D eigenvalue weighted by Gasteiger charge is -2.10. The van der Waals surface area contributed by atoms with Gasteiger partial charge in [-0.05, 0) is 35.9 Å². The molecule has 1 heterocycles. The summed E-state index contributed by atoms with van der Waals surface area (Å²) in [6.45, 7) is 0.851. The average molecular weight is 366 g/mol. The number of anilines is 1.